The molecule has 0 bridgehead atoms. The first-order valence-corrected chi connectivity index (χ1v) is 9.54. The Hall–Kier alpha value is -2.41. The molecule has 1 fully saturated rings. The summed E-state index contributed by atoms with van der Waals surface area (Å²) >= 11 is 0. The van der Waals surface area contributed by atoms with Gasteiger partial charge < -0.3 is 19.7 Å². The van der Waals surface area contributed by atoms with Crippen molar-refractivity contribution in [2.24, 2.45) is 0 Å². The van der Waals surface area contributed by atoms with Crippen LogP contribution in [0.15, 0.2) is 24.3 Å². The number of nitrogens with one attached hydrogen (secondary N) is 1. The monoisotopic (exact) mass is 390 g/mol. The molecule has 0 saturated carbocycles. The lowest BCUT2D eigenvalue weighted by Crippen LogP contribution is -2.49. The molecule has 2 amide bonds. The van der Waals surface area contributed by atoms with Crippen molar-refractivity contribution < 1.29 is 23.9 Å². The summed E-state index contributed by atoms with van der Waals surface area (Å²) < 4.78 is 10.6. The maximum absolute atomic E-state index is 12.2. The molecule has 2 rings (SSSR count). The van der Waals surface area contributed by atoms with E-state index in [1.807, 2.05) is 26.0 Å². The van der Waals surface area contributed by atoms with Gasteiger partial charge in [0.2, 0.25) is 0 Å². The number of carbonyl (C=O) groups is 3. The van der Waals surface area contributed by atoms with Gasteiger partial charge in [0, 0.05) is 18.7 Å². The number of ether oxygens (including phenoxy) is 2. The van der Waals surface area contributed by atoms with Crippen LogP contribution in [0.1, 0.15) is 50.5 Å². The number of nitrogens with zero attached hydrogens (tertiary/aromatic N) is 1. The van der Waals surface area contributed by atoms with Crippen LogP contribution in [0, 0.1) is 0 Å². The molecule has 7 nitrogen and oxygen atoms in total. The molecule has 1 aromatic rings. The van der Waals surface area contributed by atoms with E-state index >= 15 is 0 Å². The van der Waals surface area contributed by atoms with Gasteiger partial charge in [-0.1, -0.05) is 32.9 Å². The minimum atomic E-state index is -0.651. The summed E-state index contributed by atoms with van der Waals surface area (Å²) in [7, 11) is 0. The van der Waals surface area contributed by atoms with Crippen LogP contribution in [-0.2, 0) is 24.5 Å². The van der Waals surface area contributed by atoms with Crippen molar-refractivity contribution in [3.8, 4) is 0 Å². The van der Waals surface area contributed by atoms with Crippen molar-refractivity contribution in [3.63, 3.8) is 0 Å². The van der Waals surface area contributed by atoms with Gasteiger partial charge >= 0.3 is 5.97 Å². The van der Waals surface area contributed by atoms with Crippen LogP contribution < -0.4 is 5.32 Å². The molecule has 28 heavy (non-hydrogen) atoms. The van der Waals surface area contributed by atoms with Gasteiger partial charge in [0.25, 0.3) is 11.8 Å². The molecule has 0 aliphatic carbocycles. The highest BCUT2D eigenvalue weighted by Crippen LogP contribution is 2.22. The average Bonchev–Trinajstić information content (AvgIpc) is 2.62. The number of hydrogen-bond acceptors (Lipinski definition) is 5. The molecule has 0 spiro atoms. The lowest BCUT2D eigenvalue weighted by Gasteiger charge is -2.35. The zero-order valence-electron chi connectivity index (χ0n) is 17.3. The Bertz CT molecular complexity index is 699. The molecular formula is C21H30N2O5. The molecule has 0 aromatic heterocycles. The molecule has 0 radical (unpaired) electrons. The van der Waals surface area contributed by atoms with Crippen molar-refractivity contribution in [2.75, 3.05) is 26.2 Å². The highest BCUT2D eigenvalue weighted by molar-refractivity contribution is 5.96. The van der Waals surface area contributed by atoms with Crippen LogP contribution in [0.25, 0.3) is 0 Å². The zero-order valence-corrected chi connectivity index (χ0v) is 17.3. The molecule has 1 heterocycles. The Morgan fingerprint density at radius 1 is 1.11 bits per heavy atom. The number of hydrogen-bond donors (Lipinski definition) is 1. The summed E-state index contributed by atoms with van der Waals surface area (Å²) in [5.41, 5.74) is 1.59. The molecule has 1 aliphatic heterocycles. The first kappa shape index (κ1) is 21.9. The maximum Gasteiger partial charge on any atom is 0.325 e. The quantitative estimate of drug-likeness (QED) is 0.776. The molecule has 2 unspecified atom stereocenters. The van der Waals surface area contributed by atoms with E-state index in [9.17, 15) is 14.4 Å². The molecule has 1 saturated heterocycles. The smallest absolute Gasteiger partial charge is 0.325 e. The second kappa shape index (κ2) is 9.19. The normalized spacial score (nSPS) is 19.8. The first-order chi connectivity index (χ1) is 13.1. The third-order valence-corrected chi connectivity index (χ3v) is 4.54. The van der Waals surface area contributed by atoms with E-state index < -0.39 is 5.97 Å². The van der Waals surface area contributed by atoms with Crippen LogP contribution in [0.4, 0.5) is 0 Å². The summed E-state index contributed by atoms with van der Waals surface area (Å²) in [5.74, 6) is -1.28. The van der Waals surface area contributed by atoms with Gasteiger partial charge in [-0.3, -0.25) is 14.4 Å². The Balaban J connectivity index is 1.76. The van der Waals surface area contributed by atoms with E-state index in [1.165, 1.54) is 0 Å². The molecule has 154 valence electrons. The van der Waals surface area contributed by atoms with Crippen LogP contribution in [0.3, 0.4) is 0 Å². The highest BCUT2D eigenvalue weighted by Gasteiger charge is 2.26. The fourth-order valence-electron chi connectivity index (χ4n) is 3.04. The van der Waals surface area contributed by atoms with E-state index in [0.29, 0.717) is 18.7 Å². The lowest BCUT2D eigenvalue weighted by atomic mass is 9.87. The summed E-state index contributed by atoms with van der Waals surface area (Å²) in [6.45, 7) is 10.4. The third kappa shape index (κ3) is 6.34. The number of amides is 2. The fourth-order valence-corrected chi connectivity index (χ4v) is 3.04. The number of morpholine rings is 1. The number of carbonyl (C=O) groups excluding carboxylic acids is 3. The van der Waals surface area contributed by atoms with Crippen LogP contribution in [0.5, 0.6) is 0 Å². The SMILES string of the molecule is CC1CN(C(=O)COC(=O)CNC(=O)c2ccc(C(C)(C)C)cc2)CC(C)O1. The summed E-state index contributed by atoms with van der Waals surface area (Å²) in [5, 5.41) is 2.52. The van der Waals surface area contributed by atoms with Gasteiger partial charge in [0.05, 0.1) is 12.2 Å². The summed E-state index contributed by atoms with van der Waals surface area (Å²) in [6.07, 6.45) is -0.0975. The van der Waals surface area contributed by atoms with Crippen LogP contribution in [-0.4, -0.2) is 61.1 Å². The number of rotatable bonds is 5. The standard InChI is InChI=1S/C21H30N2O5/c1-14-11-23(12-15(2)28-14)18(24)13-27-19(25)10-22-20(26)16-6-8-17(9-7-16)21(3,4)5/h6-9,14-15H,10-13H2,1-5H3,(H,22,26). The van der Waals surface area contributed by atoms with E-state index in [-0.39, 0.29) is 42.6 Å². The second-order valence-corrected chi connectivity index (χ2v) is 8.23. The van der Waals surface area contributed by atoms with Gasteiger partial charge in [-0.05, 0) is 37.0 Å². The number of esters is 1. The maximum atomic E-state index is 12.2. The molecular weight excluding hydrogens is 360 g/mol. The minimum absolute atomic E-state index is 0.00141. The van der Waals surface area contributed by atoms with Crippen molar-refractivity contribution in [2.45, 2.75) is 52.2 Å². The van der Waals surface area contributed by atoms with E-state index in [4.69, 9.17) is 9.47 Å². The van der Waals surface area contributed by atoms with Gasteiger partial charge in [-0.25, -0.2) is 0 Å². The van der Waals surface area contributed by atoms with Crippen molar-refractivity contribution in [1.82, 2.24) is 10.2 Å². The van der Waals surface area contributed by atoms with Crippen molar-refractivity contribution in [3.05, 3.63) is 35.4 Å². The van der Waals surface area contributed by atoms with E-state index in [1.54, 1.807) is 17.0 Å². The largest absolute Gasteiger partial charge is 0.454 e. The van der Waals surface area contributed by atoms with Gasteiger partial charge in [-0.2, -0.15) is 0 Å². The predicted octanol–water partition coefficient (Wildman–Crippen LogP) is 1.89. The second-order valence-electron chi connectivity index (χ2n) is 8.23. The average molecular weight is 390 g/mol. The Morgan fingerprint density at radius 3 is 2.21 bits per heavy atom. The minimum Gasteiger partial charge on any atom is -0.454 e. The molecule has 1 aromatic carbocycles. The topological polar surface area (TPSA) is 84.9 Å². The van der Waals surface area contributed by atoms with E-state index in [0.717, 1.165) is 5.56 Å². The van der Waals surface area contributed by atoms with Crippen LogP contribution in [0.2, 0.25) is 0 Å². The molecule has 1 N–H and O–H groups in total. The summed E-state index contributed by atoms with van der Waals surface area (Å²) in [4.78, 5) is 37.8. The molecule has 2 atom stereocenters. The van der Waals surface area contributed by atoms with Crippen LogP contribution >= 0.6 is 0 Å². The fraction of sp³-hybridized carbons (Fsp3) is 0.571. The Kier molecular flexibility index (Phi) is 7.18. The van der Waals surface area contributed by atoms with Crippen molar-refractivity contribution >= 4 is 17.8 Å². The van der Waals surface area contributed by atoms with Gasteiger partial charge in [0.15, 0.2) is 6.61 Å². The number of benzene rings is 1. The van der Waals surface area contributed by atoms with Gasteiger partial charge in [-0.15, -0.1) is 0 Å². The first-order valence-electron chi connectivity index (χ1n) is 9.54. The van der Waals surface area contributed by atoms with Gasteiger partial charge in [0.1, 0.15) is 6.54 Å². The van der Waals surface area contributed by atoms with Crippen molar-refractivity contribution in [1.29, 1.82) is 0 Å². The Morgan fingerprint density at radius 2 is 1.68 bits per heavy atom. The Labute approximate surface area is 166 Å². The lowest BCUT2D eigenvalue weighted by molar-refractivity contribution is -0.156. The summed E-state index contributed by atoms with van der Waals surface area (Å²) in [6, 6.07) is 7.25. The molecule has 7 heteroatoms. The highest BCUT2D eigenvalue weighted by atomic mass is 16.5. The third-order valence-electron chi connectivity index (χ3n) is 4.54. The molecule has 1 aliphatic rings. The zero-order chi connectivity index (χ0) is 20.9. The van der Waals surface area contributed by atoms with E-state index in [2.05, 4.69) is 26.1 Å². The predicted molar refractivity (Wildman–Crippen MR) is 105 cm³/mol.